The fourth-order valence-electron chi connectivity index (χ4n) is 4.06. The zero-order valence-corrected chi connectivity index (χ0v) is 17.1. The summed E-state index contributed by atoms with van der Waals surface area (Å²) >= 11 is 0. The van der Waals surface area contributed by atoms with Gasteiger partial charge in [-0.1, -0.05) is 18.2 Å². The summed E-state index contributed by atoms with van der Waals surface area (Å²) in [4.78, 5) is 29.1. The molecule has 0 N–H and O–H groups in total. The Bertz CT molecular complexity index is 1160. The van der Waals surface area contributed by atoms with Crippen LogP contribution in [0.25, 0.3) is 11.0 Å². The van der Waals surface area contributed by atoms with Crippen LogP contribution in [0.4, 0.5) is 18.9 Å². The summed E-state index contributed by atoms with van der Waals surface area (Å²) in [7, 11) is 0. The number of halogens is 3. The standard InChI is InChI=1S/C22H23F3N4O2/c1-2-28-18-8-3-4-9-19(18)29(21(28)31)15-20(30)27-12-10-26(11-13-27)17-7-5-6-16(14-17)22(23,24)25/h3-9,14H,2,10-13,15H2,1H3. The van der Waals surface area contributed by atoms with Crippen molar-refractivity contribution in [1.29, 1.82) is 0 Å². The van der Waals surface area contributed by atoms with Crippen molar-refractivity contribution < 1.29 is 18.0 Å². The number of imidazole rings is 1. The lowest BCUT2D eigenvalue weighted by atomic mass is 10.1. The number of aryl methyl sites for hydroxylation is 1. The highest BCUT2D eigenvalue weighted by atomic mass is 19.4. The van der Waals surface area contributed by atoms with Gasteiger partial charge in [0, 0.05) is 38.4 Å². The number of aromatic nitrogens is 2. The van der Waals surface area contributed by atoms with E-state index in [1.807, 2.05) is 36.1 Å². The number of nitrogens with zero attached hydrogens (tertiary/aromatic N) is 4. The van der Waals surface area contributed by atoms with Crippen LogP contribution >= 0.6 is 0 Å². The van der Waals surface area contributed by atoms with E-state index < -0.39 is 11.7 Å². The second kappa shape index (κ2) is 8.13. The summed E-state index contributed by atoms with van der Waals surface area (Å²) in [5.41, 5.74) is 1.08. The summed E-state index contributed by atoms with van der Waals surface area (Å²) in [5, 5.41) is 0. The number of alkyl halides is 3. The molecule has 4 rings (SSSR count). The molecule has 31 heavy (non-hydrogen) atoms. The molecule has 9 heteroatoms. The van der Waals surface area contributed by atoms with Crippen LogP contribution in [0.2, 0.25) is 0 Å². The van der Waals surface area contributed by atoms with E-state index >= 15 is 0 Å². The third kappa shape index (κ3) is 4.04. The fraction of sp³-hybridized carbons (Fsp3) is 0.364. The highest BCUT2D eigenvalue weighted by Crippen LogP contribution is 2.31. The van der Waals surface area contributed by atoms with E-state index in [4.69, 9.17) is 0 Å². The van der Waals surface area contributed by atoms with E-state index in [-0.39, 0.29) is 18.1 Å². The molecule has 2 heterocycles. The van der Waals surface area contributed by atoms with Crippen molar-refractivity contribution in [2.75, 3.05) is 31.1 Å². The summed E-state index contributed by atoms with van der Waals surface area (Å²) in [5.74, 6) is -0.176. The number of rotatable bonds is 4. The molecule has 1 amide bonds. The number of hydrogen-bond acceptors (Lipinski definition) is 3. The maximum atomic E-state index is 13.0. The monoisotopic (exact) mass is 432 g/mol. The van der Waals surface area contributed by atoms with Gasteiger partial charge in [0.05, 0.1) is 16.6 Å². The predicted octanol–water partition coefficient (Wildman–Crippen LogP) is 3.19. The lowest BCUT2D eigenvalue weighted by Gasteiger charge is -2.36. The minimum atomic E-state index is -4.39. The summed E-state index contributed by atoms with van der Waals surface area (Å²) in [6.45, 7) is 3.96. The van der Waals surface area contributed by atoms with Crippen LogP contribution in [-0.2, 0) is 24.1 Å². The molecule has 1 saturated heterocycles. The molecule has 0 bridgehead atoms. The molecule has 1 fully saturated rings. The van der Waals surface area contributed by atoms with E-state index in [1.165, 1.54) is 10.6 Å². The molecule has 2 aromatic carbocycles. The van der Waals surface area contributed by atoms with Gasteiger partial charge in [-0.15, -0.1) is 0 Å². The highest BCUT2D eigenvalue weighted by molar-refractivity contribution is 5.81. The second-order valence-corrected chi connectivity index (χ2v) is 7.52. The molecule has 0 atom stereocenters. The van der Waals surface area contributed by atoms with Crippen molar-refractivity contribution in [2.24, 2.45) is 0 Å². The first-order chi connectivity index (χ1) is 14.8. The molecule has 1 aliphatic rings. The third-order valence-electron chi connectivity index (χ3n) is 5.71. The SMILES string of the molecule is CCn1c(=O)n(CC(=O)N2CCN(c3cccc(C(F)(F)F)c3)CC2)c2ccccc21. The number of para-hydroxylation sites is 2. The maximum absolute atomic E-state index is 13.0. The number of benzene rings is 2. The van der Waals surface area contributed by atoms with E-state index in [1.54, 1.807) is 15.5 Å². The molecule has 0 radical (unpaired) electrons. The Morgan fingerprint density at radius 3 is 2.19 bits per heavy atom. The van der Waals surface area contributed by atoms with Crippen molar-refractivity contribution in [1.82, 2.24) is 14.0 Å². The molecule has 0 unspecified atom stereocenters. The van der Waals surface area contributed by atoms with Gasteiger partial charge < -0.3 is 9.80 Å². The van der Waals surface area contributed by atoms with Crippen LogP contribution in [0.1, 0.15) is 12.5 Å². The Hall–Kier alpha value is -3.23. The summed E-state index contributed by atoms with van der Waals surface area (Å²) < 4.78 is 42.1. The van der Waals surface area contributed by atoms with Crippen LogP contribution in [0, 0.1) is 0 Å². The van der Waals surface area contributed by atoms with Gasteiger partial charge in [0.2, 0.25) is 5.91 Å². The molecule has 0 aliphatic carbocycles. The lowest BCUT2D eigenvalue weighted by Crippen LogP contribution is -2.50. The van der Waals surface area contributed by atoms with Crippen LogP contribution in [0.15, 0.2) is 53.3 Å². The van der Waals surface area contributed by atoms with Gasteiger partial charge in [-0.25, -0.2) is 4.79 Å². The Morgan fingerprint density at radius 1 is 0.935 bits per heavy atom. The van der Waals surface area contributed by atoms with E-state index in [2.05, 4.69) is 0 Å². The van der Waals surface area contributed by atoms with Gasteiger partial charge in [-0.05, 0) is 37.3 Å². The van der Waals surface area contributed by atoms with Crippen LogP contribution in [-0.4, -0.2) is 46.1 Å². The van der Waals surface area contributed by atoms with Gasteiger partial charge >= 0.3 is 11.9 Å². The van der Waals surface area contributed by atoms with Gasteiger partial charge in [0.25, 0.3) is 0 Å². The molecule has 0 spiro atoms. The normalized spacial score (nSPS) is 15.0. The van der Waals surface area contributed by atoms with Crippen molar-refractivity contribution in [3.05, 3.63) is 64.6 Å². The Labute approximate surface area is 177 Å². The van der Waals surface area contributed by atoms with Crippen molar-refractivity contribution >= 4 is 22.6 Å². The Balaban J connectivity index is 1.46. The van der Waals surface area contributed by atoms with Gasteiger partial charge in [-0.3, -0.25) is 13.9 Å². The first kappa shape index (κ1) is 21.0. The van der Waals surface area contributed by atoms with E-state index in [0.717, 1.165) is 17.6 Å². The zero-order valence-electron chi connectivity index (χ0n) is 17.1. The predicted molar refractivity (Wildman–Crippen MR) is 112 cm³/mol. The van der Waals surface area contributed by atoms with Gasteiger partial charge in [0.1, 0.15) is 6.54 Å². The average molecular weight is 432 g/mol. The second-order valence-electron chi connectivity index (χ2n) is 7.52. The number of anilines is 1. The molecule has 0 saturated carbocycles. The minimum absolute atomic E-state index is 0.0596. The van der Waals surface area contributed by atoms with Crippen LogP contribution in [0.5, 0.6) is 0 Å². The number of piperazine rings is 1. The van der Waals surface area contributed by atoms with E-state index in [9.17, 15) is 22.8 Å². The fourth-order valence-corrected chi connectivity index (χ4v) is 4.06. The molecule has 1 aliphatic heterocycles. The Morgan fingerprint density at radius 2 is 1.58 bits per heavy atom. The number of carbonyl (C=O) groups is 1. The van der Waals surface area contributed by atoms with Crippen molar-refractivity contribution in [3.63, 3.8) is 0 Å². The maximum Gasteiger partial charge on any atom is 0.416 e. The lowest BCUT2D eigenvalue weighted by molar-refractivity contribution is -0.137. The molecule has 164 valence electrons. The van der Waals surface area contributed by atoms with Gasteiger partial charge in [-0.2, -0.15) is 13.2 Å². The smallest absolute Gasteiger partial charge is 0.368 e. The quantitative estimate of drug-likeness (QED) is 0.636. The summed E-state index contributed by atoms with van der Waals surface area (Å²) in [6.07, 6.45) is -4.39. The number of carbonyl (C=O) groups excluding carboxylic acids is 1. The number of amides is 1. The average Bonchev–Trinajstić information content (AvgIpc) is 3.04. The molecular weight excluding hydrogens is 409 g/mol. The first-order valence-electron chi connectivity index (χ1n) is 10.2. The van der Waals surface area contributed by atoms with Crippen LogP contribution in [0.3, 0.4) is 0 Å². The minimum Gasteiger partial charge on any atom is -0.368 e. The molecule has 1 aromatic heterocycles. The van der Waals surface area contributed by atoms with Crippen LogP contribution < -0.4 is 10.6 Å². The first-order valence-corrected chi connectivity index (χ1v) is 10.2. The summed E-state index contributed by atoms with van der Waals surface area (Å²) in [6, 6.07) is 12.6. The molecule has 6 nitrogen and oxygen atoms in total. The highest BCUT2D eigenvalue weighted by Gasteiger charge is 2.31. The molecule has 3 aromatic rings. The van der Waals surface area contributed by atoms with Crippen molar-refractivity contribution in [3.8, 4) is 0 Å². The third-order valence-corrected chi connectivity index (χ3v) is 5.71. The van der Waals surface area contributed by atoms with Crippen molar-refractivity contribution in [2.45, 2.75) is 26.2 Å². The van der Waals surface area contributed by atoms with E-state index in [0.29, 0.717) is 43.9 Å². The topological polar surface area (TPSA) is 50.5 Å². The molecular formula is C22H23F3N4O2. The van der Waals surface area contributed by atoms with Gasteiger partial charge in [0.15, 0.2) is 0 Å². The number of hydrogen-bond donors (Lipinski definition) is 0. The Kier molecular flexibility index (Phi) is 5.51. The number of fused-ring (bicyclic) bond motifs is 1. The largest absolute Gasteiger partial charge is 0.416 e. The zero-order chi connectivity index (χ0) is 22.2.